The number of carbonyl (C=O) groups excluding carboxylic acids is 1. The fraction of sp³-hybridized carbons (Fsp3) is 0.500. The Hall–Kier alpha value is -1.58. The Morgan fingerprint density at radius 1 is 1.25 bits per heavy atom. The first kappa shape index (κ1) is 9.63. The van der Waals surface area contributed by atoms with E-state index in [4.69, 9.17) is 5.11 Å². The van der Waals surface area contributed by atoms with E-state index in [1.807, 2.05) is 0 Å². The van der Waals surface area contributed by atoms with E-state index in [1.54, 1.807) is 0 Å². The molecule has 1 saturated carbocycles. The molecule has 4 heteroatoms. The lowest BCUT2D eigenvalue weighted by molar-refractivity contribution is -0.141. The topological polar surface area (TPSA) is 63.6 Å². The monoisotopic (exact) mass is 220 g/mol. The van der Waals surface area contributed by atoms with Gasteiger partial charge in [0.2, 0.25) is 0 Å². The summed E-state index contributed by atoms with van der Waals surface area (Å²) < 4.78 is 4.67. The third-order valence-electron chi connectivity index (χ3n) is 4.05. The van der Waals surface area contributed by atoms with Gasteiger partial charge < -0.3 is 9.84 Å². The van der Waals surface area contributed by atoms with Crippen LogP contribution in [0.15, 0.2) is 23.3 Å². The number of ether oxygens (including phenoxy) is 1. The number of methoxy groups -OCH3 is 1. The van der Waals surface area contributed by atoms with Gasteiger partial charge in [0.15, 0.2) is 0 Å². The molecule has 0 aliphatic heterocycles. The van der Waals surface area contributed by atoms with Gasteiger partial charge >= 0.3 is 11.9 Å². The molecule has 2 bridgehead atoms. The van der Waals surface area contributed by atoms with E-state index in [1.165, 1.54) is 7.11 Å². The summed E-state index contributed by atoms with van der Waals surface area (Å²) in [6, 6.07) is 0. The Morgan fingerprint density at radius 2 is 1.81 bits per heavy atom. The Balaban J connectivity index is 2.03. The summed E-state index contributed by atoms with van der Waals surface area (Å²) >= 11 is 0. The highest BCUT2D eigenvalue weighted by atomic mass is 16.5. The second-order valence-corrected chi connectivity index (χ2v) is 4.62. The van der Waals surface area contributed by atoms with Crippen molar-refractivity contribution in [3.63, 3.8) is 0 Å². The van der Waals surface area contributed by atoms with Crippen LogP contribution in [0.3, 0.4) is 0 Å². The van der Waals surface area contributed by atoms with Gasteiger partial charge in [0, 0.05) is 11.8 Å². The maximum Gasteiger partial charge on any atom is 0.334 e. The van der Waals surface area contributed by atoms with Crippen LogP contribution >= 0.6 is 0 Å². The van der Waals surface area contributed by atoms with Crippen molar-refractivity contribution >= 4 is 11.9 Å². The number of fused-ring (bicyclic) bond motifs is 5. The van der Waals surface area contributed by atoms with Crippen LogP contribution in [0.2, 0.25) is 0 Å². The standard InChI is InChI=1S/C12H12O4/c1-16-12(15)10-8-6-3-2-5(4-6)7(8)9(10)11(13)14/h2-3,5-8H,4H2,1H3,(H,13,14)/t5-,6+,7+,8-/m1/s1. The molecule has 16 heavy (non-hydrogen) atoms. The molecule has 0 saturated heterocycles. The first-order valence-corrected chi connectivity index (χ1v) is 5.39. The van der Waals surface area contributed by atoms with Gasteiger partial charge in [0.25, 0.3) is 0 Å². The van der Waals surface area contributed by atoms with E-state index in [0.717, 1.165) is 6.42 Å². The number of carboxylic acids is 1. The number of allylic oxidation sites excluding steroid dienone is 2. The minimum absolute atomic E-state index is 0.0431. The van der Waals surface area contributed by atoms with Crippen molar-refractivity contribution in [2.75, 3.05) is 7.11 Å². The highest BCUT2D eigenvalue weighted by Gasteiger charge is 2.58. The Labute approximate surface area is 92.6 Å². The molecule has 3 rings (SSSR count). The summed E-state index contributed by atoms with van der Waals surface area (Å²) in [6.07, 6.45) is 5.17. The molecule has 0 aromatic heterocycles. The lowest BCUT2D eigenvalue weighted by Crippen LogP contribution is -2.41. The first-order chi connectivity index (χ1) is 7.65. The van der Waals surface area contributed by atoms with Gasteiger partial charge in [0.05, 0.1) is 18.3 Å². The van der Waals surface area contributed by atoms with Gasteiger partial charge in [-0.1, -0.05) is 12.2 Å². The summed E-state index contributed by atoms with van der Waals surface area (Å²) in [5.74, 6) is -0.654. The summed E-state index contributed by atoms with van der Waals surface area (Å²) in [7, 11) is 1.30. The van der Waals surface area contributed by atoms with Gasteiger partial charge in [-0.3, -0.25) is 0 Å². The smallest absolute Gasteiger partial charge is 0.334 e. The molecule has 1 N–H and O–H groups in total. The Morgan fingerprint density at radius 3 is 2.31 bits per heavy atom. The summed E-state index contributed by atoms with van der Waals surface area (Å²) in [5.41, 5.74) is 0.686. The van der Waals surface area contributed by atoms with E-state index >= 15 is 0 Å². The largest absolute Gasteiger partial charge is 0.478 e. The fourth-order valence-electron chi connectivity index (χ4n) is 3.49. The molecule has 4 atom stereocenters. The zero-order valence-corrected chi connectivity index (χ0v) is 8.84. The lowest BCUT2D eigenvalue weighted by atomic mass is 9.63. The molecular formula is C12H12O4. The number of aliphatic carboxylic acids is 1. The second-order valence-electron chi connectivity index (χ2n) is 4.62. The number of esters is 1. The van der Waals surface area contributed by atoms with E-state index in [9.17, 15) is 9.59 Å². The van der Waals surface area contributed by atoms with Crippen LogP contribution in [0, 0.1) is 23.7 Å². The predicted octanol–water partition coefficient (Wildman–Crippen LogP) is 0.992. The number of rotatable bonds is 2. The Bertz CT molecular complexity index is 446. The highest BCUT2D eigenvalue weighted by molar-refractivity contribution is 6.04. The zero-order valence-electron chi connectivity index (χ0n) is 8.84. The SMILES string of the molecule is COC(=O)C1=C(C(=O)O)[C@@H]2[C@H]1[C@H]1C=C[C@@H]2C1. The van der Waals surface area contributed by atoms with Gasteiger partial charge in [-0.05, 0) is 18.3 Å². The quantitative estimate of drug-likeness (QED) is 0.557. The van der Waals surface area contributed by atoms with Crippen molar-refractivity contribution in [2.24, 2.45) is 23.7 Å². The summed E-state index contributed by atoms with van der Waals surface area (Å²) in [5, 5.41) is 9.13. The minimum Gasteiger partial charge on any atom is -0.478 e. The molecule has 0 amide bonds. The second kappa shape index (κ2) is 2.97. The maximum atomic E-state index is 11.6. The van der Waals surface area contributed by atoms with Crippen LogP contribution in [0.25, 0.3) is 0 Å². The number of hydrogen-bond donors (Lipinski definition) is 1. The number of hydrogen-bond acceptors (Lipinski definition) is 3. The third kappa shape index (κ3) is 0.944. The minimum atomic E-state index is -0.970. The van der Waals surface area contributed by atoms with Crippen LogP contribution in [0.5, 0.6) is 0 Å². The molecule has 1 fully saturated rings. The molecule has 0 radical (unpaired) electrons. The van der Waals surface area contributed by atoms with Crippen molar-refractivity contribution in [2.45, 2.75) is 6.42 Å². The number of carbonyl (C=O) groups is 2. The molecule has 0 unspecified atom stereocenters. The molecular weight excluding hydrogens is 208 g/mol. The van der Waals surface area contributed by atoms with Gasteiger partial charge in [-0.2, -0.15) is 0 Å². The summed E-state index contributed by atoms with van der Waals surface area (Å²) in [4.78, 5) is 22.7. The molecule has 3 aliphatic rings. The van der Waals surface area contributed by atoms with Crippen LogP contribution in [0.4, 0.5) is 0 Å². The molecule has 4 nitrogen and oxygen atoms in total. The van der Waals surface area contributed by atoms with Gasteiger partial charge in [-0.25, -0.2) is 9.59 Å². The predicted molar refractivity (Wildman–Crippen MR) is 54.4 cm³/mol. The fourth-order valence-corrected chi connectivity index (χ4v) is 3.49. The molecule has 3 aliphatic carbocycles. The van der Waals surface area contributed by atoms with Crippen molar-refractivity contribution in [3.05, 3.63) is 23.3 Å². The van der Waals surface area contributed by atoms with E-state index in [0.29, 0.717) is 17.4 Å². The Kier molecular flexibility index (Phi) is 1.79. The lowest BCUT2D eigenvalue weighted by Gasteiger charge is -2.39. The van der Waals surface area contributed by atoms with Crippen LogP contribution in [0.1, 0.15) is 6.42 Å². The van der Waals surface area contributed by atoms with Crippen molar-refractivity contribution in [3.8, 4) is 0 Å². The van der Waals surface area contributed by atoms with Crippen molar-refractivity contribution < 1.29 is 19.4 Å². The molecule has 0 heterocycles. The molecule has 0 aromatic rings. The average Bonchev–Trinajstić information content (AvgIpc) is 2.73. The highest BCUT2D eigenvalue weighted by Crippen LogP contribution is 2.61. The summed E-state index contributed by atoms with van der Waals surface area (Å²) in [6.45, 7) is 0. The van der Waals surface area contributed by atoms with E-state index in [2.05, 4.69) is 16.9 Å². The van der Waals surface area contributed by atoms with Crippen LogP contribution in [-0.4, -0.2) is 24.2 Å². The van der Waals surface area contributed by atoms with E-state index < -0.39 is 11.9 Å². The average molecular weight is 220 g/mol. The van der Waals surface area contributed by atoms with Crippen LogP contribution in [-0.2, 0) is 14.3 Å². The van der Waals surface area contributed by atoms with Gasteiger partial charge in [-0.15, -0.1) is 0 Å². The molecule has 84 valence electrons. The van der Waals surface area contributed by atoms with E-state index in [-0.39, 0.29) is 17.4 Å². The molecule has 0 aromatic carbocycles. The normalized spacial score (nSPS) is 38.3. The van der Waals surface area contributed by atoms with Gasteiger partial charge in [0.1, 0.15) is 0 Å². The third-order valence-corrected chi connectivity index (χ3v) is 4.05. The zero-order chi connectivity index (χ0) is 11.4. The number of carboxylic acid groups (broad SMARTS) is 1. The maximum absolute atomic E-state index is 11.6. The first-order valence-electron chi connectivity index (χ1n) is 5.39. The van der Waals surface area contributed by atoms with Crippen molar-refractivity contribution in [1.29, 1.82) is 0 Å². The van der Waals surface area contributed by atoms with Crippen LogP contribution < -0.4 is 0 Å². The molecule has 0 spiro atoms. The van der Waals surface area contributed by atoms with Crippen molar-refractivity contribution in [1.82, 2.24) is 0 Å².